The molecule has 0 saturated carbocycles. The zero-order valence-corrected chi connectivity index (χ0v) is 19.0. The van der Waals surface area contributed by atoms with Gasteiger partial charge in [-0.1, -0.05) is 36.9 Å². The van der Waals surface area contributed by atoms with E-state index in [1.54, 1.807) is 7.11 Å². The van der Waals surface area contributed by atoms with Gasteiger partial charge in [0.1, 0.15) is 11.0 Å². The summed E-state index contributed by atoms with van der Waals surface area (Å²) in [6.07, 6.45) is 1.78. The van der Waals surface area contributed by atoms with E-state index >= 15 is 0 Å². The van der Waals surface area contributed by atoms with E-state index < -0.39 is 5.25 Å². The Balaban J connectivity index is 1.65. The summed E-state index contributed by atoms with van der Waals surface area (Å²) >= 11 is 1.43. The van der Waals surface area contributed by atoms with Gasteiger partial charge in [-0.05, 0) is 61.2 Å². The molecule has 2 N–H and O–H groups in total. The molecular formula is C23H27N5O2S. The van der Waals surface area contributed by atoms with Crippen molar-refractivity contribution < 1.29 is 9.53 Å². The molecule has 7 nitrogen and oxygen atoms in total. The number of aromatic nitrogens is 3. The predicted molar refractivity (Wildman–Crippen MR) is 123 cm³/mol. The van der Waals surface area contributed by atoms with Crippen molar-refractivity contribution in [3.8, 4) is 5.75 Å². The third-order valence-corrected chi connectivity index (χ3v) is 6.70. The van der Waals surface area contributed by atoms with Crippen LogP contribution in [0, 0.1) is 13.8 Å². The summed E-state index contributed by atoms with van der Waals surface area (Å²) < 4.78 is 7.21. The van der Waals surface area contributed by atoms with Crippen molar-refractivity contribution in [2.75, 3.05) is 17.9 Å². The highest BCUT2D eigenvalue weighted by atomic mass is 32.2. The number of thioether (sulfide) groups is 1. The van der Waals surface area contributed by atoms with Crippen LogP contribution in [0.15, 0.2) is 47.6 Å². The van der Waals surface area contributed by atoms with Gasteiger partial charge in [0.15, 0.2) is 5.82 Å². The molecular weight excluding hydrogens is 410 g/mol. The van der Waals surface area contributed by atoms with E-state index in [0.29, 0.717) is 5.16 Å². The Morgan fingerprint density at radius 1 is 1.16 bits per heavy atom. The smallest absolute Gasteiger partial charge is 0.240 e. The molecule has 0 saturated heterocycles. The molecule has 8 heteroatoms. The van der Waals surface area contributed by atoms with Gasteiger partial charge in [0.25, 0.3) is 0 Å². The molecule has 4 rings (SSSR count). The average molecular weight is 438 g/mol. The van der Waals surface area contributed by atoms with Crippen LogP contribution in [-0.2, 0) is 11.2 Å². The van der Waals surface area contributed by atoms with Gasteiger partial charge in [-0.15, -0.1) is 10.2 Å². The Kier molecular flexibility index (Phi) is 6.18. The first kappa shape index (κ1) is 21.2. The number of carbonyl (C=O) groups is 1. The van der Waals surface area contributed by atoms with Gasteiger partial charge >= 0.3 is 0 Å². The Morgan fingerprint density at radius 2 is 1.94 bits per heavy atom. The van der Waals surface area contributed by atoms with Gasteiger partial charge in [0.2, 0.25) is 11.1 Å². The van der Waals surface area contributed by atoms with Gasteiger partial charge in [0, 0.05) is 12.1 Å². The lowest BCUT2D eigenvalue weighted by molar-refractivity contribution is -0.116. The number of methoxy groups -OCH3 is 1. The second-order valence-electron chi connectivity index (χ2n) is 7.69. The Hall–Kier alpha value is -3.00. The van der Waals surface area contributed by atoms with E-state index in [9.17, 15) is 4.79 Å². The summed E-state index contributed by atoms with van der Waals surface area (Å²) in [6.45, 7) is 6.21. The van der Waals surface area contributed by atoms with Gasteiger partial charge in [-0.2, -0.15) is 0 Å². The van der Waals surface area contributed by atoms with Crippen LogP contribution in [-0.4, -0.2) is 33.1 Å². The normalized spacial score (nSPS) is 17.5. The fourth-order valence-corrected chi connectivity index (χ4v) is 4.68. The number of amides is 1. The van der Waals surface area contributed by atoms with Crippen LogP contribution in [0.3, 0.4) is 0 Å². The van der Waals surface area contributed by atoms with Gasteiger partial charge in [0.05, 0.1) is 13.2 Å². The lowest BCUT2D eigenvalue weighted by atomic mass is 10.0. The first-order valence-corrected chi connectivity index (χ1v) is 11.3. The fraction of sp³-hybridized carbons (Fsp3) is 0.348. The molecule has 1 aliphatic rings. The second-order valence-corrected chi connectivity index (χ2v) is 8.80. The van der Waals surface area contributed by atoms with Crippen molar-refractivity contribution in [3.05, 3.63) is 65.0 Å². The van der Waals surface area contributed by atoms with Crippen molar-refractivity contribution in [1.82, 2.24) is 14.9 Å². The molecule has 2 heterocycles. The van der Waals surface area contributed by atoms with Crippen molar-refractivity contribution in [2.45, 2.75) is 50.1 Å². The van der Waals surface area contributed by atoms with Crippen molar-refractivity contribution in [3.63, 3.8) is 0 Å². The topological polar surface area (TPSA) is 81.1 Å². The summed E-state index contributed by atoms with van der Waals surface area (Å²) in [5, 5.41) is 12.0. The quantitative estimate of drug-likeness (QED) is 0.600. The molecule has 1 amide bonds. The maximum absolute atomic E-state index is 13.4. The fourth-order valence-electron chi connectivity index (χ4n) is 3.58. The third-order valence-electron chi connectivity index (χ3n) is 5.49. The van der Waals surface area contributed by atoms with Crippen molar-refractivity contribution in [1.29, 1.82) is 0 Å². The lowest BCUT2D eigenvalue weighted by Gasteiger charge is -2.33. The number of aryl methyl sites for hydroxylation is 3. The van der Waals surface area contributed by atoms with E-state index in [4.69, 9.17) is 4.74 Å². The standard InChI is InChI=1S/C23H27N5O2S/c1-5-6-19-25-26-23-28(19)27-20(16-8-11-18(30-4)12-9-16)21(31-23)22(29)24-17-10-7-14(2)15(3)13-17/h7-13,20-21,27H,5-6H2,1-4H3,(H,24,29)/t20-,21-/m1/s1. The number of benzene rings is 2. The number of nitrogens with one attached hydrogen (secondary N) is 2. The molecule has 0 spiro atoms. The highest BCUT2D eigenvalue weighted by molar-refractivity contribution is 8.00. The molecule has 2 atom stereocenters. The Bertz CT molecular complexity index is 1080. The molecule has 0 fully saturated rings. The molecule has 1 aliphatic heterocycles. The summed E-state index contributed by atoms with van der Waals surface area (Å²) in [5.41, 5.74) is 7.61. The minimum absolute atomic E-state index is 0.0761. The first-order chi connectivity index (χ1) is 15.0. The zero-order chi connectivity index (χ0) is 22.0. The number of anilines is 1. The highest BCUT2D eigenvalue weighted by Gasteiger charge is 2.37. The molecule has 0 bridgehead atoms. The van der Waals surface area contributed by atoms with Crippen LogP contribution in [0.5, 0.6) is 5.75 Å². The van der Waals surface area contributed by atoms with Crippen LogP contribution in [0.1, 0.15) is 41.9 Å². The molecule has 2 aromatic carbocycles. The molecule has 0 unspecified atom stereocenters. The van der Waals surface area contributed by atoms with Crippen LogP contribution < -0.4 is 15.5 Å². The number of ether oxygens (including phenoxy) is 1. The molecule has 0 radical (unpaired) electrons. The van der Waals surface area contributed by atoms with Crippen LogP contribution in [0.2, 0.25) is 0 Å². The molecule has 1 aromatic heterocycles. The van der Waals surface area contributed by atoms with Gasteiger partial charge < -0.3 is 15.5 Å². The van der Waals surface area contributed by atoms with E-state index in [1.807, 2.05) is 54.1 Å². The number of nitrogens with zero attached hydrogens (tertiary/aromatic N) is 3. The number of rotatable bonds is 6. The largest absolute Gasteiger partial charge is 0.497 e. The van der Waals surface area contributed by atoms with Crippen LogP contribution in [0.25, 0.3) is 0 Å². The highest BCUT2D eigenvalue weighted by Crippen LogP contribution is 2.38. The minimum Gasteiger partial charge on any atom is -0.497 e. The first-order valence-electron chi connectivity index (χ1n) is 10.4. The number of fused-ring (bicyclic) bond motifs is 1. The van der Waals surface area contributed by atoms with E-state index in [0.717, 1.165) is 41.2 Å². The summed E-state index contributed by atoms with van der Waals surface area (Å²) in [5.74, 6) is 1.57. The van der Waals surface area contributed by atoms with Gasteiger partial charge in [-0.25, -0.2) is 4.68 Å². The maximum Gasteiger partial charge on any atom is 0.240 e. The summed E-state index contributed by atoms with van der Waals surface area (Å²) in [4.78, 5) is 13.4. The monoisotopic (exact) mass is 437 g/mol. The predicted octanol–water partition coefficient (Wildman–Crippen LogP) is 4.25. The SMILES string of the molecule is CCCc1nnc2n1N[C@H](c1ccc(OC)cc1)[C@H](C(=O)Nc1ccc(C)c(C)c1)S2. The average Bonchev–Trinajstić information content (AvgIpc) is 3.17. The Labute approximate surface area is 186 Å². The molecule has 162 valence electrons. The maximum atomic E-state index is 13.4. The van der Waals surface area contributed by atoms with Crippen LogP contribution in [0.4, 0.5) is 5.69 Å². The molecule has 0 aliphatic carbocycles. The zero-order valence-electron chi connectivity index (χ0n) is 18.2. The number of hydrogen-bond donors (Lipinski definition) is 2. The van der Waals surface area contributed by atoms with E-state index in [2.05, 4.69) is 34.8 Å². The summed E-state index contributed by atoms with van der Waals surface area (Å²) in [7, 11) is 1.64. The molecule has 3 aromatic rings. The minimum atomic E-state index is -0.416. The summed E-state index contributed by atoms with van der Waals surface area (Å²) in [6, 6.07) is 13.5. The van der Waals surface area contributed by atoms with Crippen molar-refractivity contribution >= 4 is 23.4 Å². The van der Waals surface area contributed by atoms with Crippen LogP contribution >= 0.6 is 11.8 Å². The number of carbonyl (C=O) groups excluding carboxylic acids is 1. The van der Waals surface area contributed by atoms with Crippen molar-refractivity contribution in [2.24, 2.45) is 0 Å². The molecule has 31 heavy (non-hydrogen) atoms. The van der Waals surface area contributed by atoms with E-state index in [1.165, 1.54) is 17.3 Å². The van der Waals surface area contributed by atoms with Gasteiger partial charge in [-0.3, -0.25) is 4.79 Å². The lowest BCUT2D eigenvalue weighted by Crippen LogP contribution is -2.41. The van der Waals surface area contributed by atoms with E-state index in [-0.39, 0.29) is 11.9 Å². The number of hydrogen-bond acceptors (Lipinski definition) is 6. The Morgan fingerprint density at radius 3 is 2.61 bits per heavy atom. The third kappa shape index (κ3) is 4.39. The second kappa shape index (κ2) is 9.01.